The summed E-state index contributed by atoms with van der Waals surface area (Å²) >= 11 is 0. The number of ether oxygens (including phenoxy) is 1. The van der Waals surface area contributed by atoms with E-state index in [-0.39, 0.29) is 17.2 Å². The van der Waals surface area contributed by atoms with Gasteiger partial charge in [0.25, 0.3) is 0 Å². The van der Waals surface area contributed by atoms with Crippen molar-refractivity contribution in [3.05, 3.63) is 23.8 Å². The maximum Gasteiger partial charge on any atom is 0.126 e. The van der Waals surface area contributed by atoms with Crippen LogP contribution < -0.4 is 10.5 Å². The Balaban J connectivity index is 2.38. The fourth-order valence-electron chi connectivity index (χ4n) is 2.23. The first-order valence-corrected chi connectivity index (χ1v) is 5.11. The Morgan fingerprint density at radius 3 is 2.47 bits per heavy atom. The van der Waals surface area contributed by atoms with Gasteiger partial charge in [0.1, 0.15) is 11.5 Å². The molecule has 1 aromatic rings. The normalized spacial score (nSPS) is 27.5. The lowest BCUT2D eigenvalue weighted by Gasteiger charge is -2.09. The first-order chi connectivity index (χ1) is 6.98. The average Bonchev–Trinajstić information content (AvgIpc) is 2.67. The summed E-state index contributed by atoms with van der Waals surface area (Å²) < 4.78 is 5.25. The molecule has 1 aromatic carbocycles. The molecule has 3 N–H and O–H groups in total. The number of phenolic OH excluding ortho intramolecular Hbond substituents is 1. The Morgan fingerprint density at radius 2 is 2.00 bits per heavy atom. The van der Waals surface area contributed by atoms with Crippen molar-refractivity contribution < 1.29 is 9.84 Å². The number of hydrogen-bond acceptors (Lipinski definition) is 3. The van der Waals surface area contributed by atoms with Gasteiger partial charge >= 0.3 is 0 Å². The molecule has 3 nitrogen and oxygen atoms in total. The number of nitrogens with two attached hydrogens (primary N) is 1. The fraction of sp³-hybridized carbons (Fsp3) is 0.500. The van der Waals surface area contributed by atoms with Gasteiger partial charge in [-0.3, -0.25) is 0 Å². The van der Waals surface area contributed by atoms with Crippen molar-refractivity contribution in [3.63, 3.8) is 0 Å². The van der Waals surface area contributed by atoms with Crippen molar-refractivity contribution in [3.8, 4) is 11.5 Å². The van der Waals surface area contributed by atoms with Gasteiger partial charge in [0.15, 0.2) is 0 Å². The number of hydrogen-bond donors (Lipinski definition) is 2. The zero-order chi connectivity index (χ0) is 11.2. The van der Waals surface area contributed by atoms with Crippen LogP contribution in [-0.2, 0) is 0 Å². The minimum atomic E-state index is 0.129. The fourth-order valence-corrected chi connectivity index (χ4v) is 2.23. The molecule has 0 aromatic heterocycles. The maximum absolute atomic E-state index is 9.36. The topological polar surface area (TPSA) is 55.5 Å². The van der Waals surface area contributed by atoms with Gasteiger partial charge in [-0.05, 0) is 17.0 Å². The van der Waals surface area contributed by atoms with Crippen molar-refractivity contribution >= 4 is 0 Å². The van der Waals surface area contributed by atoms with E-state index in [2.05, 4.69) is 13.8 Å². The summed E-state index contributed by atoms with van der Waals surface area (Å²) in [5.41, 5.74) is 7.24. The van der Waals surface area contributed by atoms with Gasteiger partial charge in [-0.15, -0.1) is 0 Å². The number of rotatable bonds is 2. The molecule has 1 aliphatic carbocycles. The molecule has 2 atom stereocenters. The first kappa shape index (κ1) is 10.3. The summed E-state index contributed by atoms with van der Waals surface area (Å²) in [7, 11) is 1.61. The highest BCUT2D eigenvalue weighted by atomic mass is 16.5. The summed E-state index contributed by atoms with van der Waals surface area (Å²) in [6, 6.07) is 5.39. The molecule has 82 valence electrons. The van der Waals surface area contributed by atoms with Crippen LogP contribution in [-0.4, -0.2) is 18.3 Å². The monoisotopic (exact) mass is 207 g/mol. The second kappa shape index (κ2) is 3.14. The predicted molar refractivity (Wildman–Crippen MR) is 59.2 cm³/mol. The van der Waals surface area contributed by atoms with Crippen LogP contribution in [0.3, 0.4) is 0 Å². The second-order valence-corrected chi connectivity index (χ2v) is 4.75. The van der Waals surface area contributed by atoms with Crippen molar-refractivity contribution in [2.75, 3.05) is 7.11 Å². The Kier molecular flexibility index (Phi) is 2.15. The van der Waals surface area contributed by atoms with Gasteiger partial charge < -0.3 is 15.6 Å². The Bertz CT molecular complexity index is 387. The highest BCUT2D eigenvalue weighted by molar-refractivity contribution is 5.47. The molecule has 0 saturated heterocycles. The van der Waals surface area contributed by atoms with Gasteiger partial charge in [0, 0.05) is 18.0 Å². The Hall–Kier alpha value is -1.22. The van der Waals surface area contributed by atoms with Crippen molar-refractivity contribution in [1.82, 2.24) is 0 Å². The third-order valence-corrected chi connectivity index (χ3v) is 3.46. The minimum Gasteiger partial charge on any atom is -0.508 e. The van der Waals surface area contributed by atoms with Gasteiger partial charge in [-0.1, -0.05) is 19.9 Å². The molecule has 1 saturated carbocycles. The molecular formula is C12H17NO2. The van der Waals surface area contributed by atoms with Gasteiger partial charge in [0.2, 0.25) is 0 Å². The number of methoxy groups -OCH3 is 1. The van der Waals surface area contributed by atoms with Crippen LogP contribution in [0.2, 0.25) is 0 Å². The van der Waals surface area contributed by atoms with Crippen LogP contribution in [0, 0.1) is 5.41 Å². The molecular weight excluding hydrogens is 190 g/mol. The highest BCUT2D eigenvalue weighted by Crippen LogP contribution is 2.59. The van der Waals surface area contributed by atoms with Gasteiger partial charge in [-0.2, -0.15) is 0 Å². The number of benzene rings is 1. The maximum atomic E-state index is 9.36. The van der Waals surface area contributed by atoms with E-state index in [9.17, 15) is 5.11 Å². The summed E-state index contributed by atoms with van der Waals surface area (Å²) in [5.74, 6) is 1.27. The molecule has 2 rings (SSSR count). The molecule has 1 aliphatic rings. The molecule has 0 unspecified atom stereocenters. The number of phenols is 1. The molecule has 3 heteroatoms. The van der Waals surface area contributed by atoms with E-state index >= 15 is 0 Å². The lowest BCUT2D eigenvalue weighted by Crippen LogP contribution is -2.06. The highest BCUT2D eigenvalue weighted by Gasteiger charge is 2.57. The molecule has 0 bridgehead atoms. The second-order valence-electron chi connectivity index (χ2n) is 4.75. The minimum absolute atomic E-state index is 0.129. The van der Waals surface area contributed by atoms with Gasteiger partial charge in [0.05, 0.1) is 7.11 Å². The summed E-state index contributed by atoms with van der Waals surface area (Å²) in [6.07, 6.45) is 0. The lowest BCUT2D eigenvalue weighted by atomic mass is 10.0. The summed E-state index contributed by atoms with van der Waals surface area (Å²) in [4.78, 5) is 0. The summed E-state index contributed by atoms with van der Waals surface area (Å²) in [5, 5.41) is 9.36. The molecule has 15 heavy (non-hydrogen) atoms. The predicted octanol–water partition coefficient (Wildman–Crippen LogP) is 1.85. The van der Waals surface area contributed by atoms with Crippen LogP contribution >= 0.6 is 0 Å². The average molecular weight is 207 g/mol. The van der Waals surface area contributed by atoms with Crippen molar-refractivity contribution in [1.29, 1.82) is 0 Å². The largest absolute Gasteiger partial charge is 0.508 e. The zero-order valence-electron chi connectivity index (χ0n) is 9.32. The van der Waals surface area contributed by atoms with Crippen LogP contribution in [0.5, 0.6) is 11.5 Å². The molecule has 1 fully saturated rings. The zero-order valence-corrected chi connectivity index (χ0v) is 9.32. The molecule has 0 radical (unpaired) electrons. The van der Waals surface area contributed by atoms with E-state index < -0.39 is 0 Å². The van der Waals surface area contributed by atoms with E-state index in [4.69, 9.17) is 10.5 Å². The Morgan fingerprint density at radius 1 is 1.40 bits per heavy atom. The van der Waals surface area contributed by atoms with Crippen LogP contribution in [0.1, 0.15) is 25.3 Å². The van der Waals surface area contributed by atoms with Crippen LogP contribution in [0.25, 0.3) is 0 Å². The number of aromatic hydroxyl groups is 1. The van der Waals surface area contributed by atoms with E-state index in [1.54, 1.807) is 19.2 Å². The molecule has 0 amide bonds. The van der Waals surface area contributed by atoms with E-state index in [1.165, 1.54) is 0 Å². The molecule has 0 heterocycles. The first-order valence-electron chi connectivity index (χ1n) is 5.11. The van der Waals surface area contributed by atoms with Crippen molar-refractivity contribution in [2.45, 2.75) is 25.8 Å². The van der Waals surface area contributed by atoms with Crippen molar-refractivity contribution in [2.24, 2.45) is 11.1 Å². The molecule has 0 spiro atoms. The third kappa shape index (κ3) is 1.47. The molecule has 0 aliphatic heterocycles. The van der Waals surface area contributed by atoms with E-state index in [0.29, 0.717) is 5.92 Å². The standard InChI is InChI=1S/C12H17NO2/c1-12(2)10(11(12)13)8-5-4-7(14)6-9(8)15-3/h4-6,10-11,14H,13H2,1-3H3/t10-,11-/m1/s1. The van der Waals surface area contributed by atoms with E-state index in [0.717, 1.165) is 11.3 Å². The summed E-state index contributed by atoms with van der Waals surface area (Å²) in [6.45, 7) is 4.29. The third-order valence-electron chi connectivity index (χ3n) is 3.46. The Labute approximate surface area is 89.9 Å². The smallest absolute Gasteiger partial charge is 0.126 e. The van der Waals surface area contributed by atoms with E-state index in [1.807, 2.05) is 6.07 Å². The van der Waals surface area contributed by atoms with Crippen LogP contribution in [0.4, 0.5) is 0 Å². The van der Waals surface area contributed by atoms with Gasteiger partial charge in [-0.25, -0.2) is 0 Å². The van der Waals surface area contributed by atoms with Crippen LogP contribution in [0.15, 0.2) is 18.2 Å². The SMILES string of the molecule is COc1cc(O)ccc1[C@@H]1[C@@H](N)C1(C)C. The quantitative estimate of drug-likeness (QED) is 0.778. The lowest BCUT2D eigenvalue weighted by molar-refractivity contribution is 0.401.